The van der Waals surface area contributed by atoms with Crippen LogP contribution in [0.3, 0.4) is 0 Å². The van der Waals surface area contributed by atoms with Crippen LogP contribution in [-0.2, 0) is 9.84 Å². The molecular formula is C15H28N2O2S. The fourth-order valence-corrected chi connectivity index (χ4v) is 6.13. The van der Waals surface area contributed by atoms with Gasteiger partial charge in [-0.15, -0.1) is 0 Å². The van der Waals surface area contributed by atoms with E-state index in [2.05, 4.69) is 17.1 Å². The van der Waals surface area contributed by atoms with Gasteiger partial charge < -0.3 is 5.32 Å². The Kier molecular flexibility index (Phi) is 4.13. The van der Waals surface area contributed by atoms with E-state index in [4.69, 9.17) is 0 Å². The maximum Gasteiger partial charge on any atom is 0.151 e. The van der Waals surface area contributed by atoms with Crippen molar-refractivity contribution < 1.29 is 8.42 Å². The Bertz CT molecular complexity index is 443. The molecule has 5 heteroatoms. The number of nitrogens with zero attached hydrogens (tertiary/aromatic N) is 1. The van der Waals surface area contributed by atoms with Crippen molar-refractivity contribution in [3.05, 3.63) is 0 Å². The zero-order valence-electron chi connectivity index (χ0n) is 12.6. The van der Waals surface area contributed by atoms with Gasteiger partial charge in [-0.05, 0) is 25.7 Å². The molecule has 0 aromatic rings. The Morgan fingerprint density at radius 2 is 2.00 bits per heavy atom. The lowest BCUT2D eigenvalue weighted by Crippen LogP contribution is -2.66. The molecule has 0 aromatic heterocycles. The molecule has 2 unspecified atom stereocenters. The first-order valence-corrected chi connectivity index (χ1v) is 10.1. The Morgan fingerprint density at radius 1 is 1.25 bits per heavy atom. The van der Waals surface area contributed by atoms with Crippen LogP contribution in [0.5, 0.6) is 0 Å². The highest BCUT2D eigenvalue weighted by Gasteiger charge is 2.44. The minimum atomic E-state index is -2.78. The molecule has 0 aromatic carbocycles. The Labute approximate surface area is 123 Å². The van der Waals surface area contributed by atoms with Crippen LogP contribution >= 0.6 is 0 Å². The molecule has 0 radical (unpaired) electrons. The first-order chi connectivity index (χ1) is 9.54. The molecule has 3 aliphatic rings. The third-order valence-corrected chi connectivity index (χ3v) is 7.38. The summed E-state index contributed by atoms with van der Waals surface area (Å²) in [6.07, 6.45) is 8.48. The first kappa shape index (κ1) is 14.8. The van der Waals surface area contributed by atoms with E-state index in [9.17, 15) is 8.42 Å². The molecule has 20 heavy (non-hydrogen) atoms. The summed E-state index contributed by atoms with van der Waals surface area (Å²) in [7, 11) is -2.78. The summed E-state index contributed by atoms with van der Waals surface area (Å²) < 4.78 is 23.6. The first-order valence-electron chi connectivity index (χ1n) is 8.25. The average molecular weight is 300 g/mol. The molecule has 1 N–H and O–H groups in total. The van der Waals surface area contributed by atoms with Gasteiger partial charge in [-0.3, -0.25) is 4.90 Å². The zero-order chi connectivity index (χ0) is 14.2. The molecule has 2 heterocycles. The van der Waals surface area contributed by atoms with Crippen molar-refractivity contribution in [2.24, 2.45) is 0 Å². The second-order valence-electron chi connectivity index (χ2n) is 7.01. The number of rotatable bonds is 2. The van der Waals surface area contributed by atoms with Gasteiger partial charge in [0, 0.05) is 30.7 Å². The topological polar surface area (TPSA) is 49.4 Å². The SMILES string of the molecule is CCC1CNC2(CCCCC2)CN1C1CCS(=O)(=O)C1. The highest BCUT2D eigenvalue weighted by Crippen LogP contribution is 2.34. The van der Waals surface area contributed by atoms with Crippen LogP contribution in [0.2, 0.25) is 0 Å². The summed E-state index contributed by atoms with van der Waals surface area (Å²) >= 11 is 0. The van der Waals surface area contributed by atoms with Gasteiger partial charge in [-0.2, -0.15) is 0 Å². The van der Waals surface area contributed by atoms with E-state index in [0.29, 0.717) is 17.5 Å². The molecule has 0 bridgehead atoms. The quantitative estimate of drug-likeness (QED) is 0.841. The van der Waals surface area contributed by atoms with Crippen molar-refractivity contribution in [2.75, 3.05) is 24.6 Å². The molecule has 1 spiro atoms. The fourth-order valence-electron chi connectivity index (χ4n) is 4.39. The predicted molar refractivity (Wildman–Crippen MR) is 81.7 cm³/mol. The molecule has 116 valence electrons. The van der Waals surface area contributed by atoms with Crippen molar-refractivity contribution >= 4 is 9.84 Å². The summed E-state index contributed by atoms with van der Waals surface area (Å²) in [6, 6.07) is 0.784. The van der Waals surface area contributed by atoms with E-state index in [1.165, 1.54) is 32.1 Å². The summed E-state index contributed by atoms with van der Waals surface area (Å²) in [5.41, 5.74) is 0.274. The van der Waals surface area contributed by atoms with Crippen LogP contribution in [0.25, 0.3) is 0 Å². The molecule has 2 saturated heterocycles. The van der Waals surface area contributed by atoms with Gasteiger partial charge in [0.15, 0.2) is 9.84 Å². The molecule has 1 saturated carbocycles. The third kappa shape index (κ3) is 2.90. The standard InChI is InChI=1S/C15H28N2O2S/c1-2-13-10-16-15(7-4-3-5-8-15)12-17(13)14-6-9-20(18,19)11-14/h13-14,16H,2-12H2,1H3. The maximum absolute atomic E-state index is 11.8. The molecule has 1 aliphatic carbocycles. The van der Waals surface area contributed by atoms with Crippen molar-refractivity contribution in [1.82, 2.24) is 10.2 Å². The van der Waals surface area contributed by atoms with Crippen LogP contribution in [0.1, 0.15) is 51.9 Å². The zero-order valence-corrected chi connectivity index (χ0v) is 13.4. The number of hydrogen-bond acceptors (Lipinski definition) is 4. The van der Waals surface area contributed by atoms with E-state index >= 15 is 0 Å². The van der Waals surface area contributed by atoms with E-state index in [1.54, 1.807) is 0 Å². The van der Waals surface area contributed by atoms with Gasteiger partial charge in [0.2, 0.25) is 0 Å². The fraction of sp³-hybridized carbons (Fsp3) is 1.00. The van der Waals surface area contributed by atoms with Gasteiger partial charge in [0.1, 0.15) is 0 Å². The smallest absolute Gasteiger partial charge is 0.151 e. The normalized spacial score (nSPS) is 37.2. The second-order valence-corrected chi connectivity index (χ2v) is 9.24. The largest absolute Gasteiger partial charge is 0.308 e. The molecule has 4 nitrogen and oxygen atoms in total. The van der Waals surface area contributed by atoms with Crippen molar-refractivity contribution in [3.63, 3.8) is 0 Å². The number of sulfone groups is 1. The van der Waals surface area contributed by atoms with Crippen LogP contribution in [0.4, 0.5) is 0 Å². The van der Waals surface area contributed by atoms with Gasteiger partial charge >= 0.3 is 0 Å². The molecule has 2 atom stereocenters. The molecule has 3 rings (SSSR count). The summed E-state index contributed by atoms with van der Waals surface area (Å²) in [6.45, 7) is 4.32. The van der Waals surface area contributed by atoms with Crippen LogP contribution in [0.15, 0.2) is 0 Å². The highest BCUT2D eigenvalue weighted by molar-refractivity contribution is 7.91. The molecular weight excluding hydrogens is 272 g/mol. The van der Waals surface area contributed by atoms with Gasteiger partial charge in [0.25, 0.3) is 0 Å². The van der Waals surface area contributed by atoms with Crippen LogP contribution in [0, 0.1) is 0 Å². The number of piperazine rings is 1. The van der Waals surface area contributed by atoms with Gasteiger partial charge in [-0.25, -0.2) is 8.42 Å². The molecule has 2 aliphatic heterocycles. The van der Waals surface area contributed by atoms with Crippen LogP contribution in [-0.4, -0.2) is 55.5 Å². The van der Waals surface area contributed by atoms with Crippen LogP contribution < -0.4 is 5.32 Å². The molecule has 0 amide bonds. The summed E-state index contributed by atoms with van der Waals surface area (Å²) in [5, 5.41) is 3.82. The van der Waals surface area contributed by atoms with Gasteiger partial charge in [0.05, 0.1) is 11.5 Å². The van der Waals surface area contributed by atoms with Crippen molar-refractivity contribution in [2.45, 2.75) is 69.5 Å². The Hall–Kier alpha value is -0.130. The summed E-state index contributed by atoms with van der Waals surface area (Å²) in [4.78, 5) is 2.55. The van der Waals surface area contributed by atoms with E-state index in [-0.39, 0.29) is 11.6 Å². The van der Waals surface area contributed by atoms with Crippen molar-refractivity contribution in [1.29, 1.82) is 0 Å². The number of hydrogen-bond donors (Lipinski definition) is 1. The second kappa shape index (κ2) is 5.58. The minimum absolute atomic E-state index is 0.269. The summed E-state index contributed by atoms with van der Waals surface area (Å²) in [5.74, 6) is 0.782. The third-order valence-electron chi connectivity index (χ3n) is 5.63. The minimum Gasteiger partial charge on any atom is -0.308 e. The molecule has 3 fully saturated rings. The van der Waals surface area contributed by atoms with Crippen molar-refractivity contribution in [3.8, 4) is 0 Å². The number of nitrogens with one attached hydrogen (secondary N) is 1. The van der Waals surface area contributed by atoms with Gasteiger partial charge in [-0.1, -0.05) is 26.2 Å². The lowest BCUT2D eigenvalue weighted by molar-refractivity contribution is 0.0295. The van der Waals surface area contributed by atoms with E-state index in [0.717, 1.165) is 25.9 Å². The lowest BCUT2D eigenvalue weighted by atomic mass is 9.79. The monoisotopic (exact) mass is 300 g/mol. The lowest BCUT2D eigenvalue weighted by Gasteiger charge is -2.51. The average Bonchev–Trinajstić information content (AvgIpc) is 2.80. The predicted octanol–water partition coefficient (Wildman–Crippen LogP) is 1.56. The van der Waals surface area contributed by atoms with E-state index in [1.807, 2.05) is 0 Å². The maximum atomic E-state index is 11.8. The Morgan fingerprint density at radius 3 is 2.60 bits per heavy atom. The highest BCUT2D eigenvalue weighted by atomic mass is 32.2. The van der Waals surface area contributed by atoms with E-state index < -0.39 is 9.84 Å². The Balaban J connectivity index is 1.75.